The molecule has 0 aliphatic carbocycles. The van der Waals surface area contributed by atoms with Crippen LogP contribution in [0.1, 0.15) is 0 Å². The van der Waals surface area contributed by atoms with Gasteiger partial charge in [0, 0.05) is 24.6 Å². The molecular weight excluding hydrogens is 271 g/mol. The summed E-state index contributed by atoms with van der Waals surface area (Å²) in [6.07, 6.45) is -3.66. The van der Waals surface area contributed by atoms with Gasteiger partial charge in [0.1, 0.15) is 15.6 Å². The van der Waals surface area contributed by atoms with Gasteiger partial charge < -0.3 is 10.1 Å². The molecule has 1 aromatic rings. The normalized spacial score (nSPS) is 12.2. The van der Waals surface area contributed by atoms with Gasteiger partial charge in [-0.2, -0.15) is 0 Å². The van der Waals surface area contributed by atoms with Gasteiger partial charge in [0.2, 0.25) is 0 Å². The summed E-state index contributed by atoms with van der Waals surface area (Å²) in [5.41, 5.74) is 0.361. The fraction of sp³-hybridized carbons (Fsp3) is 0.400. The summed E-state index contributed by atoms with van der Waals surface area (Å²) in [4.78, 5) is 0. The average molecular weight is 283 g/mol. The van der Waals surface area contributed by atoms with Gasteiger partial charge in [-0.3, -0.25) is 0 Å². The zero-order valence-electron chi connectivity index (χ0n) is 9.49. The number of rotatable bonds is 5. The van der Waals surface area contributed by atoms with Crippen molar-refractivity contribution in [2.45, 2.75) is 6.36 Å². The van der Waals surface area contributed by atoms with Crippen molar-refractivity contribution in [2.75, 3.05) is 23.9 Å². The van der Waals surface area contributed by atoms with Crippen LogP contribution in [0.4, 0.5) is 18.9 Å². The number of halogens is 3. The maximum Gasteiger partial charge on any atom is 0.573 e. The number of sulfone groups is 1. The van der Waals surface area contributed by atoms with Crippen molar-refractivity contribution in [3.63, 3.8) is 0 Å². The Labute approximate surface area is 103 Å². The van der Waals surface area contributed by atoms with E-state index in [2.05, 4.69) is 10.1 Å². The minimum atomic E-state index is -4.74. The van der Waals surface area contributed by atoms with E-state index in [-0.39, 0.29) is 18.0 Å². The van der Waals surface area contributed by atoms with Gasteiger partial charge in [-0.05, 0) is 12.1 Å². The molecule has 1 rings (SSSR count). The highest BCUT2D eigenvalue weighted by molar-refractivity contribution is 7.90. The molecule has 0 amide bonds. The third-order valence-electron chi connectivity index (χ3n) is 1.87. The van der Waals surface area contributed by atoms with Crippen molar-refractivity contribution < 1.29 is 26.3 Å². The Hall–Kier alpha value is -1.44. The number of anilines is 1. The Bertz CT molecular complexity index is 499. The molecule has 0 spiro atoms. The van der Waals surface area contributed by atoms with E-state index in [1.165, 1.54) is 12.1 Å². The van der Waals surface area contributed by atoms with Crippen molar-refractivity contribution >= 4 is 15.5 Å². The standard InChI is InChI=1S/C10H12F3NO3S/c1-18(15,16)6-5-14-8-3-2-4-9(7-8)17-10(11,12)13/h2-4,7,14H,5-6H2,1H3. The minimum absolute atomic E-state index is 0.0998. The Morgan fingerprint density at radius 3 is 2.56 bits per heavy atom. The van der Waals surface area contributed by atoms with E-state index in [9.17, 15) is 21.6 Å². The second kappa shape index (κ2) is 5.47. The summed E-state index contributed by atoms with van der Waals surface area (Å²) in [7, 11) is -3.11. The summed E-state index contributed by atoms with van der Waals surface area (Å²) in [6, 6.07) is 5.21. The predicted molar refractivity (Wildman–Crippen MR) is 61.3 cm³/mol. The highest BCUT2D eigenvalue weighted by Crippen LogP contribution is 2.24. The lowest BCUT2D eigenvalue weighted by molar-refractivity contribution is -0.274. The van der Waals surface area contributed by atoms with Crippen molar-refractivity contribution in [1.29, 1.82) is 0 Å². The largest absolute Gasteiger partial charge is 0.573 e. The molecule has 1 N–H and O–H groups in total. The summed E-state index contributed by atoms with van der Waals surface area (Å²) in [6.45, 7) is 0.119. The molecule has 0 saturated carbocycles. The number of alkyl halides is 3. The molecule has 0 bridgehead atoms. The van der Waals surface area contributed by atoms with Crippen LogP contribution >= 0.6 is 0 Å². The van der Waals surface area contributed by atoms with E-state index >= 15 is 0 Å². The fourth-order valence-corrected chi connectivity index (χ4v) is 1.66. The molecule has 4 nitrogen and oxygen atoms in total. The van der Waals surface area contributed by atoms with E-state index in [1.54, 1.807) is 0 Å². The van der Waals surface area contributed by atoms with E-state index < -0.39 is 16.2 Å². The molecule has 0 saturated heterocycles. The maximum absolute atomic E-state index is 12.0. The third-order valence-corrected chi connectivity index (χ3v) is 2.82. The average Bonchev–Trinajstić information content (AvgIpc) is 2.13. The lowest BCUT2D eigenvalue weighted by Crippen LogP contribution is -2.17. The first-order chi connectivity index (χ1) is 8.16. The number of nitrogens with one attached hydrogen (secondary N) is 1. The van der Waals surface area contributed by atoms with Crippen molar-refractivity contribution in [3.05, 3.63) is 24.3 Å². The third kappa shape index (κ3) is 6.33. The quantitative estimate of drug-likeness (QED) is 0.898. The smallest absolute Gasteiger partial charge is 0.406 e. The summed E-state index contributed by atoms with van der Waals surface area (Å²) in [5, 5.41) is 2.70. The summed E-state index contributed by atoms with van der Waals surface area (Å²) < 4.78 is 61.3. The fourth-order valence-electron chi connectivity index (χ4n) is 1.18. The van der Waals surface area contributed by atoms with Crippen molar-refractivity contribution in [2.24, 2.45) is 0 Å². The first-order valence-corrected chi connectivity index (χ1v) is 6.99. The Kier molecular flexibility index (Phi) is 4.44. The van der Waals surface area contributed by atoms with E-state index in [1.807, 2.05) is 0 Å². The topological polar surface area (TPSA) is 55.4 Å². The highest BCUT2D eigenvalue weighted by Gasteiger charge is 2.31. The minimum Gasteiger partial charge on any atom is -0.406 e. The molecule has 0 unspecified atom stereocenters. The Morgan fingerprint density at radius 2 is 2.00 bits per heavy atom. The molecule has 8 heteroatoms. The van der Waals surface area contributed by atoms with Crippen molar-refractivity contribution in [1.82, 2.24) is 0 Å². The number of ether oxygens (including phenoxy) is 1. The van der Waals surface area contributed by atoms with Crippen LogP contribution in [-0.4, -0.2) is 33.3 Å². The van der Waals surface area contributed by atoms with Crippen LogP contribution in [0.5, 0.6) is 5.75 Å². The van der Waals surface area contributed by atoms with Crippen LogP contribution in [0.2, 0.25) is 0 Å². The van der Waals surface area contributed by atoms with E-state index in [4.69, 9.17) is 0 Å². The number of hydrogen-bond donors (Lipinski definition) is 1. The maximum atomic E-state index is 12.0. The summed E-state index contributed by atoms with van der Waals surface area (Å²) >= 11 is 0. The van der Waals surface area contributed by atoms with Crippen LogP contribution in [-0.2, 0) is 9.84 Å². The second-order valence-electron chi connectivity index (χ2n) is 3.63. The van der Waals surface area contributed by atoms with Crippen LogP contribution in [0, 0.1) is 0 Å². The molecule has 0 heterocycles. The molecule has 0 aliphatic rings. The van der Waals surface area contributed by atoms with E-state index in [0.717, 1.165) is 18.4 Å². The van der Waals surface area contributed by atoms with Crippen LogP contribution < -0.4 is 10.1 Å². The molecule has 18 heavy (non-hydrogen) atoms. The molecule has 0 aromatic heterocycles. The molecule has 0 atom stereocenters. The van der Waals surface area contributed by atoms with Crippen LogP contribution in [0.3, 0.4) is 0 Å². The van der Waals surface area contributed by atoms with Gasteiger partial charge >= 0.3 is 6.36 Å². The predicted octanol–water partition coefficient (Wildman–Crippen LogP) is 2.04. The molecular formula is C10H12F3NO3S. The number of benzene rings is 1. The number of hydrogen-bond acceptors (Lipinski definition) is 4. The van der Waals surface area contributed by atoms with Gasteiger partial charge in [-0.15, -0.1) is 13.2 Å². The first kappa shape index (κ1) is 14.6. The lowest BCUT2D eigenvalue weighted by atomic mass is 10.3. The van der Waals surface area contributed by atoms with Gasteiger partial charge in [-0.25, -0.2) is 8.42 Å². The van der Waals surface area contributed by atoms with Crippen molar-refractivity contribution in [3.8, 4) is 5.75 Å². The van der Waals surface area contributed by atoms with Gasteiger partial charge in [0.05, 0.1) is 5.75 Å². The molecule has 0 radical (unpaired) electrons. The van der Waals surface area contributed by atoms with Gasteiger partial charge in [-0.1, -0.05) is 6.07 Å². The lowest BCUT2D eigenvalue weighted by Gasteiger charge is -2.11. The molecule has 102 valence electrons. The Balaban J connectivity index is 2.60. The Morgan fingerprint density at radius 1 is 1.33 bits per heavy atom. The second-order valence-corrected chi connectivity index (χ2v) is 5.89. The first-order valence-electron chi connectivity index (χ1n) is 4.93. The zero-order valence-corrected chi connectivity index (χ0v) is 10.3. The SMILES string of the molecule is CS(=O)(=O)CCNc1cccc(OC(F)(F)F)c1. The van der Waals surface area contributed by atoms with Crippen LogP contribution in [0.25, 0.3) is 0 Å². The zero-order chi connectivity index (χ0) is 13.8. The highest BCUT2D eigenvalue weighted by atomic mass is 32.2. The molecule has 0 aliphatic heterocycles. The van der Waals surface area contributed by atoms with Gasteiger partial charge in [0.25, 0.3) is 0 Å². The molecule has 1 aromatic carbocycles. The van der Waals surface area contributed by atoms with Gasteiger partial charge in [0.15, 0.2) is 0 Å². The summed E-state index contributed by atoms with van der Waals surface area (Å²) in [5.74, 6) is -0.455. The monoisotopic (exact) mass is 283 g/mol. The van der Waals surface area contributed by atoms with E-state index in [0.29, 0.717) is 5.69 Å². The molecule has 0 fully saturated rings. The van der Waals surface area contributed by atoms with Crippen LogP contribution in [0.15, 0.2) is 24.3 Å².